The second kappa shape index (κ2) is 3.45. The van der Waals surface area contributed by atoms with Gasteiger partial charge in [0.2, 0.25) is 0 Å². The average Bonchev–Trinajstić information content (AvgIpc) is 2.01. The highest BCUT2D eigenvalue weighted by Gasteiger charge is 2.20. The van der Waals surface area contributed by atoms with Gasteiger partial charge in [0.15, 0.2) is 5.69 Å². The Morgan fingerprint density at radius 2 is 1.79 bits per heavy atom. The van der Waals surface area contributed by atoms with Gasteiger partial charge in [-0.2, -0.15) is 0 Å². The van der Waals surface area contributed by atoms with Crippen molar-refractivity contribution < 1.29 is 19.8 Å². The molecule has 0 amide bonds. The molecule has 1 heterocycles. The maximum Gasteiger partial charge on any atom is 0.355 e. The molecule has 5 nitrogen and oxygen atoms in total. The van der Waals surface area contributed by atoms with E-state index in [1.807, 2.05) is 0 Å². The van der Waals surface area contributed by atoms with Crippen LogP contribution in [0.3, 0.4) is 0 Å². The van der Waals surface area contributed by atoms with Crippen LogP contribution in [0.25, 0.3) is 0 Å². The van der Waals surface area contributed by atoms with Crippen molar-refractivity contribution in [3.05, 3.63) is 28.6 Å². The molecule has 0 unspecified atom stereocenters. The highest BCUT2D eigenvalue weighted by molar-refractivity contribution is 6.01. The number of nitrogens with zero attached hydrogens (tertiary/aromatic N) is 1. The average molecular weight is 195 g/mol. The molecule has 1 aromatic heterocycles. The number of aromatic carboxylic acids is 2. The van der Waals surface area contributed by atoms with Gasteiger partial charge >= 0.3 is 11.9 Å². The van der Waals surface area contributed by atoms with Crippen LogP contribution in [0.15, 0.2) is 6.07 Å². The minimum Gasteiger partial charge on any atom is -0.478 e. The molecule has 0 spiro atoms. The summed E-state index contributed by atoms with van der Waals surface area (Å²) in [7, 11) is 0. The number of aromatic nitrogens is 1. The smallest absolute Gasteiger partial charge is 0.355 e. The second-order valence-electron chi connectivity index (χ2n) is 2.91. The zero-order chi connectivity index (χ0) is 10.9. The lowest BCUT2D eigenvalue weighted by Crippen LogP contribution is -2.13. The second-order valence-corrected chi connectivity index (χ2v) is 2.91. The third-order valence-corrected chi connectivity index (χ3v) is 1.76. The number of pyridine rings is 1. The van der Waals surface area contributed by atoms with Gasteiger partial charge in [-0.1, -0.05) is 0 Å². The Morgan fingerprint density at radius 1 is 1.21 bits per heavy atom. The molecule has 0 bridgehead atoms. The van der Waals surface area contributed by atoms with Gasteiger partial charge in [-0.3, -0.25) is 0 Å². The Hall–Kier alpha value is -1.91. The molecule has 14 heavy (non-hydrogen) atoms. The van der Waals surface area contributed by atoms with E-state index in [9.17, 15) is 9.59 Å². The van der Waals surface area contributed by atoms with Crippen molar-refractivity contribution in [2.75, 3.05) is 0 Å². The number of aryl methyl sites for hydroxylation is 2. The summed E-state index contributed by atoms with van der Waals surface area (Å²) in [6, 6.07) is 1.54. The maximum atomic E-state index is 10.8. The van der Waals surface area contributed by atoms with Crippen LogP contribution in [-0.2, 0) is 0 Å². The normalized spacial score (nSPS) is 9.86. The van der Waals surface area contributed by atoms with Gasteiger partial charge in [0.1, 0.15) is 0 Å². The molecule has 1 aromatic rings. The van der Waals surface area contributed by atoms with Gasteiger partial charge < -0.3 is 10.2 Å². The standard InChI is InChI=1S/C9H9NO4/c1-4-3-5(2)10-7(9(13)14)6(4)8(11)12/h3H,1-2H3,(H,11,12)(H,13,14). The van der Waals surface area contributed by atoms with Crippen molar-refractivity contribution in [3.8, 4) is 0 Å². The lowest BCUT2D eigenvalue weighted by atomic mass is 10.1. The molecule has 0 saturated carbocycles. The van der Waals surface area contributed by atoms with Crippen LogP contribution in [0.1, 0.15) is 32.1 Å². The number of hydrogen-bond acceptors (Lipinski definition) is 3. The summed E-state index contributed by atoms with van der Waals surface area (Å²) < 4.78 is 0. The predicted octanol–water partition coefficient (Wildman–Crippen LogP) is 1.09. The lowest BCUT2D eigenvalue weighted by molar-refractivity contribution is 0.0645. The third kappa shape index (κ3) is 1.71. The minimum atomic E-state index is -1.32. The first-order valence-electron chi connectivity index (χ1n) is 3.88. The van der Waals surface area contributed by atoms with Gasteiger partial charge in [-0.15, -0.1) is 0 Å². The molecule has 5 heteroatoms. The Morgan fingerprint density at radius 3 is 2.21 bits per heavy atom. The molecule has 2 N–H and O–H groups in total. The van der Waals surface area contributed by atoms with E-state index in [0.29, 0.717) is 11.3 Å². The minimum absolute atomic E-state index is 0.247. The Balaban J connectivity index is 3.52. The number of hydrogen-bond donors (Lipinski definition) is 2. The maximum absolute atomic E-state index is 10.8. The van der Waals surface area contributed by atoms with Crippen molar-refractivity contribution in [1.29, 1.82) is 0 Å². The van der Waals surface area contributed by atoms with Gasteiger partial charge in [0, 0.05) is 5.69 Å². The van der Waals surface area contributed by atoms with Crippen molar-refractivity contribution in [3.63, 3.8) is 0 Å². The Bertz CT molecular complexity index is 412. The molecule has 0 aliphatic rings. The van der Waals surface area contributed by atoms with Crippen molar-refractivity contribution in [1.82, 2.24) is 4.98 Å². The van der Waals surface area contributed by atoms with Gasteiger partial charge in [-0.05, 0) is 25.5 Å². The van der Waals surface area contributed by atoms with E-state index in [-0.39, 0.29) is 5.56 Å². The highest BCUT2D eigenvalue weighted by atomic mass is 16.4. The zero-order valence-corrected chi connectivity index (χ0v) is 7.74. The van der Waals surface area contributed by atoms with Crippen LogP contribution in [0.5, 0.6) is 0 Å². The molecule has 0 saturated heterocycles. The van der Waals surface area contributed by atoms with Crippen molar-refractivity contribution in [2.45, 2.75) is 13.8 Å². The Labute approximate surface area is 80.0 Å². The number of carbonyl (C=O) groups is 2. The van der Waals surface area contributed by atoms with Gasteiger partial charge in [-0.25, -0.2) is 14.6 Å². The molecule has 0 aromatic carbocycles. The molecule has 1 rings (SSSR count). The van der Waals surface area contributed by atoms with E-state index in [2.05, 4.69) is 4.98 Å². The van der Waals surface area contributed by atoms with Gasteiger partial charge in [0.05, 0.1) is 5.56 Å². The van der Waals surface area contributed by atoms with Crippen LogP contribution < -0.4 is 0 Å². The first-order valence-corrected chi connectivity index (χ1v) is 3.88. The first kappa shape index (κ1) is 10.2. The van der Waals surface area contributed by atoms with Crippen molar-refractivity contribution in [2.24, 2.45) is 0 Å². The van der Waals surface area contributed by atoms with Crippen LogP contribution in [0, 0.1) is 13.8 Å². The van der Waals surface area contributed by atoms with E-state index in [4.69, 9.17) is 10.2 Å². The number of carboxylic acids is 2. The molecule has 74 valence electrons. The summed E-state index contributed by atoms with van der Waals surface area (Å²) in [6.07, 6.45) is 0. The summed E-state index contributed by atoms with van der Waals surface area (Å²) in [6.45, 7) is 3.16. The quantitative estimate of drug-likeness (QED) is 0.737. The summed E-state index contributed by atoms with van der Waals surface area (Å²) in [5, 5.41) is 17.5. The van der Waals surface area contributed by atoms with Crippen LogP contribution >= 0.6 is 0 Å². The number of rotatable bonds is 2. The van der Waals surface area contributed by atoms with Crippen LogP contribution in [0.4, 0.5) is 0 Å². The highest BCUT2D eigenvalue weighted by Crippen LogP contribution is 2.13. The van der Waals surface area contributed by atoms with Crippen LogP contribution in [0.2, 0.25) is 0 Å². The topological polar surface area (TPSA) is 87.5 Å². The summed E-state index contributed by atoms with van der Waals surface area (Å²) in [5.74, 6) is -2.60. The van der Waals surface area contributed by atoms with E-state index in [1.54, 1.807) is 13.8 Å². The Kier molecular flexibility index (Phi) is 2.51. The van der Waals surface area contributed by atoms with E-state index in [0.717, 1.165) is 0 Å². The van der Waals surface area contributed by atoms with Crippen LogP contribution in [-0.4, -0.2) is 27.1 Å². The third-order valence-electron chi connectivity index (χ3n) is 1.76. The van der Waals surface area contributed by atoms with E-state index >= 15 is 0 Å². The molecule has 0 aliphatic carbocycles. The summed E-state index contributed by atoms with van der Waals surface area (Å²) in [5.41, 5.74) is 0.241. The van der Waals surface area contributed by atoms with E-state index in [1.165, 1.54) is 6.07 Å². The molecule has 0 aliphatic heterocycles. The SMILES string of the molecule is Cc1cc(C)c(C(=O)O)c(C(=O)O)n1. The molecule has 0 atom stereocenters. The monoisotopic (exact) mass is 195 g/mol. The molecule has 0 radical (unpaired) electrons. The molecular formula is C9H9NO4. The fraction of sp³-hybridized carbons (Fsp3) is 0.222. The van der Waals surface area contributed by atoms with E-state index < -0.39 is 17.6 Å². The molecular weight excluding hydrogens is 186 g/mol. The fourth-order valence-electron chi connectivity index (χ4n) is 1.26. The molecule has 0 fully saturated rings. The fourth-order valence-corrected chi connectivity index (χ4v) is 1.26. The largest absolute Gasteiger partial charge is 0.478 e. The summed E-state index contributed by atoms with van der Waals surface area (Å²) >= 11 is 0. The lowest BCUT2D eigenvalue weighted by Gasteiger charge is -2.05. The predicted molar refractivity (Wildman–Crippen MR) is 47.6 cm³/mol. The van der Waals surface area contributed by atoms with Crippen molar-refractivity contribution >= 4 is 11.9 Å². The zero-order valence-electron chi connectivity index (χ0n) is 7.74. The number of carboxylic acid groups (broad SMARTS) is 2. The van der Waals surface area contributed by atoms with Gasteiger partial charge in [0.25, 0.3) is 0 Å². The summed E-state index contributed by atoms with van der Waals surface area (Å²) in [4.78, 5) is 25.1. The first-order chi connectivity index (χ1) is 6.43.